The Morgan fingerprint density at radius 2 is 1.77 bits per heavy atom. The average molecular weight is 483 g/mol. The Morgan fingerprint density at radius 1 is 1.09 bits per heavy atom. The lowest BCUT2D eigenvalue weighted by atomic mass is 9.68. The van der Waals surface area contributed by atoms with Crippen molar-refractivity contribution in [2.75, 3.05) is 40.3 Å². The Kier molecular flexibility index (Phi) is 6.83. The van der Waals surface area contributed by atoms with Gasteiger partial charge in [0.2, 0.25) is 5.91 Å². The van der Waals surface area contributed by atoms with Crippen molar-refractivity contribution >= 4 is 11.9 Å². The number of aliphatic hydroxyl groups is 1. The van der Waals surface area contributed by atoms with Crippen LogP contribution in [0.2, 0.25) is 0 Å². The molecule has 0 atom stereocenters. The number of hydrogen-bond donors (Lipinski definition) is 2. The maximum absolute atomic E-state index is 13.6. The molecule has 1 saturated heterocycles. The number of benzene rings is 1. The van der Waals surface area contributed by atoms with Crippen LogP contribution < -0.4 is 5.32 Å². The molecular formula is C28H42N4O3. The number of nitrogens with zero attached hydrogens (tertiary/aromatic N) is 3. The van der Waals surface area contributed by atoms with Crippen molar-refractivity contribution < 1.29 is 14.7 Å². The Hall–Kier alpha value is -2.12. The van der Waals surface area contributed by atoms with E-state index in [0.29, 0.717) is 24.9 Å². The Labute approximate surface area is 209 Å². The van der Waals surface area contributed by atoms with Gasteiger partial charge < -0.3 is 20.2 Å². The smallest absolute Gasteiger partial charge is 0.321 e. The summed E-state index contributed by atoms with van der Waals surface area (Å²) in [5, 5.41) is 12.5. The Balaban J connectivity index is 1.29. The first-order valence-corrected chi connectivity index (χ1v) is 13.6. The van der Waals surface area contributed by atoms with Crippen LogP contribution in [0.25, 0.3) is 0 Å². The number of urea groups is 1. The molecule has 0 radical (unpaired) electrons. The molecule has 0 aromatic heterocycles. The number of carbonyl (C=O) groups excluding carboxylic acids is 2. The number of hydrogen-bond acceptors (Lipinski definition) is 4. The normalized spacial score (nSPS) is 33.2. The van der Waals surface area contributed by atoms with E-state index in [4.69, 9.17) is 0 Å². The van der Waals surface area contributed by atoms with Gasteiger partial charge in [0, 0.05) is 25.2 Å². The van der Waals surface area contributed by atoms with Gasteiger partial charge in [-0.2, -0.15) is 0 Å². The first kappa shape index (κ1) is 24.6. The van der Waals surface area contributed by atoms with Crippen molar-refractivity contribution in [2.45, 2.75) is 75.0 Å². The highest BCUT2D eigenvalue weighted by Gasteiger charge is 2.55. The predicted octanol–water partition coefficient (Wildman–Crippen LogP) is 3.18. The second-order valence-electron chi connectivity index (χ2n) is 11.9. The quantitative estimate of drug-likeness (QED) is 0.597. The van der Waals surface area contributed by atoms with E-state index in [2.05, 4.69) is 59.5 Å². The minimum absolute atomic E-state index is 0.0180. The van der Waals surface area contributed by atoms with E-state index in [1.54, 1.807) is 4.90 Å². The van der Waals surface area contributed by atoms with Crippen LogP contribution in [0.5, 0.6) is 0 Å². The van der Waals surface area contributed by atoms with Gasteiger partial charge in [0.05, 0.1) is 11.6 Å². The first-order valence-electron chi connectivity index (χ1n) is 13.6. The Bertz CT molecular complexity index is 902. The fourth-order valence-electron chi connectivity index (χ4n) is 6.86. The highest BCUT2D eigenvalue weighted by molar-refractivity contribution is 5.86. The molecular weight excluding hydrogens is 440 g/mol. The fourth-order valence-corrected chi connectivity index (χ4v) is 6.86. The summed E-state index contributed by atoms with van der Waals surface area (Å²) in [7, 11) is 4.35. The molecule has 4 fully saturated rings. The molecule has 7 nitrogen and oxygen atoms in total. The topological polar surface area (TPSA) is 76.1 Å². The second-order valence-corrected chi connectivity index (χ2v) is 11.9. The molecule has 4 aliphatic rings. The maximum Gasteiger partial charge on any atom is 0.321 e. The fraction of sp³-hybridized carbons (Fsp3) is 0.714. The van der Waals surface area contributed by atoms with Gasteiger partial charge in [-0.25, -0.2) is 4.79 Å². The van der Waals surface area contributed by atoms with Gasteiger partial charge in [-0.05, 0) is 82.9 Å². The zero-order valence-electron chi connectivity index (χ0n) is 21.4. The summed E-state index contributed by atoms with van der Waals surface area (Å²) < 4.78 is 0. The van der Waals surface area contributed by atoms with Gasteiger partial charge in [-0.15, -0.1) is 0 Å². The van der Waals surface area contributed by atoms with Gasteiger partial charge in [0.25, 0.3) is 0 Å². The van der Waals surface area contributed by atoms with Gasteiger partial charge in [-0.1, -0.05) is 36.8 Å². The van der Waals surface area contributed by atoms with E-state index in [1.165, 1.54) is 24.8 Å². The minimum atomic E-state index is -0.214. The number of amides is 3. The average Bonchev–Trinajstić information content (AvgIpc) is 3.04. The largest absolute Gasteiger partial charge is 0.393 e. The Morgan fingerprint density at radius 3 is 2.34 bits per heavy atom. The minimum Gasteiger partial charge on any atom is -0.393 e. The molecule has 5 rings (SSSR count). The van der Waals surface area contributed by atoms with E-state index in [9.17, 15) is 14.7 Å². The van der Waals surface area contributed by atoms with Crippen molar-refractivity contribution in [1.82, 2.24) is 20.0 Å². The first-order chi connectivity index (χ1) is 16.8. The molecule has 1 aliphatic heterocycles. The highest BCUT2D eigenvalue weighted by atomic mass is 16.3. The second kappa shape index (κ2) is 9.74. The molecule has 0 bridgehead atoms. The standard InChI is InChI=1S/C28H42N4O3/c1-30(2)28(23-9-4-3-5-10-23)13-11-27(12-14-28)20-31(26(35)32(27)18-21-7-6-8-21)19-25(34)29-17-22-15-24(33)16-22/h3-5,9-10,21-22,24,33H,6-8,11-20H2,1-2H3,(H,29,34). The van der Waals surface area contributed by atoms with E-state index in [1.807, 2.05) is 0 Å². The van der Waals surface area contributed by atoms with Crippen molar-refractivity contribution in [3.05, 3.63) is 35.9 Å². The number of nitrogens with one attached hydrogen (secondary N) is 1. The van der Waals surface area contributed by atoms with Crippen LogP contribution in [0.3, 0.4) is 0 Å². The van der Waals surface area contributed by atoms with Crippen molar-refractivity contribution in [3.8, 4) is 0 Å². The summed E-state index contributed by atoms with van der Waals surface area (Å²) in [4.78, 5) is 32.7. The van der Waals surface area contributed by atoms with Crippen LogP contribution in [0.15, 0.2) is 30.3 Å². The van der Waals surface area contributed by atoms with Crippen LogP contribution in [-0.2, 0) is 10.3 Å². The maximum atomic E-state index is 13.6. The molecule has 3 saturated carbocycles. The summed E-state index contributed by atoms with van der Waals surface area (Å²) >= 11 is 0. The van der Waals surface area contributed by atoms with Crippen LogP contribution in [0, 0.1) is 11.8 Å². The van der Waals surface area contributed by atoms with Crippen LogP contribution in [-0.4, -0.2) is 83.7 Å². The van der Waals surface area contributed by atoms with Crippen molar-refractivity contribution in [3.63, 3.8) is 0 Å². The van der Waals surface area contributed by atoms with Crippen LogP contribution in [0.1, 0.15) is 63.4 Å². The molecule has 1 spiro atoms. The van der Waals surface area contributed by atoms with Gasteiger partial charge in [0.1, 0.15) is 6.54 Å². The summed E-state index contributed by atoms with van der Waals surface area (Å²) in [6, 6.07) is 10.8. The lowest BCUT2D eigenvalue weighted by Gasteiger charge is -2.51. The van der Waals surface area contributed by atoms with Gasteiger partial charge in [0.15, 0.2) is 0 Å². The van der Waals surface area contributed by atoms with Crippen molar-refractivity contribution in [2.24, 2.45) is 11.8 Å². The lowest BCUT2D eigenvalue weighted by Crippen LogP contribution is -2.56. The van der Waals surface area contributed by atoms with E-state index in [0.717, 1.165) is 45.1 Å². The summed E-state index contributed by atoms with van der Waals surface area (Å²) in [6.07, 6.45) is 8.90. The lowest BCUT2D eigenvalue weighted by molar-refractivity contribution is -0.122. The molecule has 1 aromatic rings. The highest BCUT2D eigenvalue weighted by Crippen LogP contribution is 2.49. The number of carbonyl (C=O) groups is 2. The molecule has 1 heterocycles. The molecule has 192 valence electrons. The SMILES string of the molecule is CN(C)C1(c2ccccc2)CCC2(CC1)CN(CC(=O)NCC1CC(O)C1)C(=O)N2CC1CCC1. The van der Waals surface area contributed by atoms with Crippen molar-refractivity contribution in [1.29, 1.82) is 0 Å². The zero-order valence-corrected chi connectivity index (χ0v) is 21.4. The molecule has 3 amide bonds. The molecule has 3 aliphatic carbocycles. The monoisotopic (exact) mass is 482 g/mol. The van der Waals surface area contributed by atoms with Gasteiger partial charge in [-0.3, -0.25) is 9.69 Å². The number of aliphatic hydroxyl groups excluding tert-OH is 1. The molecule has 35 heavy (non-hydrogen) atoms. The summed E-state index contributed by atoms with van der Waals surface area (Å²) in [5.74, 6) is 0.882. The molecule has 2 N–H and O–H groups in total. The van der Waals surface area contributed by atoms with Crippen LogP contribution in [0.4, 0.5) is 4.79 Å². The molecule has 7 heteroatoms. The van der Waals surface area contributed by atoms with E-state index < -0.39 is 0 Å². The zero-order chi connectivity index (χ0) is 24.6. The molecule has 0 unspecified atom stereocenters. The summed E-state index contributed by atoms with van der Waals surface area (Å²) in [6.45, 7) is 2.20. The summed E-state index contributed by atoms with van der Waals surface area (Å²) in [5.41, 5.74) is 1.15. The third-order valence-electron chi connectivity index (χ3n) is 9.53. The predicted molar refractivity (Wildman–Crippen MR) is 136 cm³/mol. The third-order valence-corrected chi connectivity index (χ3v) is 9.53. The number of rotatable bonds is 8. The van der Waals surface area contributed by atoms with E-state index in [-0.39, 0.29) is 35.7 Å². The third kappa shape index (κ3) is 4.69. The molecule has 1 aromatic carbocycles. The van der Waals surface area contributed by atoms with E-state index >= 15 is 0 Å². The van der Waals surface area contributed by atoms with Gasteiger partial charge >= 0.3 is 6.03 Å². The van der Waals surface area contributed by atoms with Crippen LogP contribution >= 0.6 is 0 Å².